The maximum atomic E-state index is 12.3. The van der Waals surface area contributed by atoms with Crippen LogP contribution in [-0.4, -0.2) is 32.3 Å². The molecule has 0 unspecified atom stereocenters. The first-order chi connectivity index (χ1) is 10.9. The molecule has 1 fully saturated rings. The second-order valence-electron chi connectivity index (χ2n) is 5.86. The van der Waals surface area contributed by atoms with E-state index >= 15 is 0 Å². The number of halogens is 1. The monoisotopic (exact) mass is 337 g/mol. The fourth-order valence-corrected chi connectivity index (χ4v) is 2.61. The van der Waals surface area contributed by atoms with Crippen molar-refractivity contribution in [3.05, 3.63) is 41.1 Å². The van der Waals surface area contributed by atoms with E-state index in [0.29, 0.717) is 17.3 Å². The van der Waals surface area contributed by atoms with Gasteiger partial charge in [0.2, 0.25) is 0 Å². The van der Waals surface area contributed by atoms with Crippen LogP contribution in [0.15, 0.2) is 28.9 Å². The number of nitrogens with one attached hydrogen (secondary N) is 1. The largest absolute Gasteiger partial charge is 0.480 e. The minimum Gasteiger partial charge on any atom is -0.480 e. The topological polar surface area (TPSA) is 97.4 Å². The average molecular weight is 338 g/mol. The molecule has 1 amide bonds. The molecule has 0 saturated heterocycles. The van der Waals surface area contributed by atoms with E-state index in [9.17, 15) is 14.7 Å². The van der Waals surface area contributed by atoms with Crippen molar-refractivity contribution in [1.29, 1.82) is 0 Å². The third-order valence-corrected chi connectivity index (χ3v) is 4.21. The average Bonchev–Trinajstić information content (AvgIpc) is 3.13. The van der Waals surface area contributed by atoms with Crippen molar-refractivity contribution in [3.63, 3.8) is 0 Å². The van der Waals surface area contributed by atoms with Crippen LogP contribution in [0.2, 0.25) is 5.02 Å². The van der Waals surface area contributed by atoms with Gasteiger partial charge in [-0.15, -0.1) is 0 Å². The summed E-state index contributed by atoms with van der Waals surface area (Å²) in [5.74, 6) is -1.01. The summed E-state index contributed by atoms with van der Waals surface area (Å²) in [6.45, 7) is 1.86. The Morgan fingerprint density at radius 1 is 1.52 bits per heavy atom. The van der Waals surface area contributed by atoms with Gasteiger partial charge >= 0.3 is 5.97 Å². The first kappa shape index (κ1) is 15.6. The molecule has 2 aromatic heterocycles. The van der Waals surface area contributed by atoms with E-state index in [0.717, 1.165) is 12.8 Å². The number of carbonyl (C=O) groups excluding carboxylic acids is 1. The number of carboxylic acids is 1. The molecular formula is C15H16ClN3O4. The molecule has 8 heteroatoms. The zero-order valence-corrected chi connectivity index (χ0v) is 13.2. The second-order valence-corrected chi connectivity index (χ2v) is 6.29. The van der Waals surface area contributed by atoms with E-state index in [1.807, 2.05) is 0 Å². The van der Waals surface area contributed by atoms with Crippen LogP contribution in [0, 0.1) is 5.92 Å². The van der Waals surface area contributed by atoms with Crippen LogP contribution in [0.4, 0.5) is 0 Å². The van der Waals surface area contributed by atoms with Crippen molar-refractivity contribution < 1.29 is 19.1 Å². The number of carbonyl (C=O) groups is 2. The van der Waals surface area contributed by atoms with Gasteiger partial charge in [-0.25, -0.2) is 4.79 Å². The van der Waals surface area contributed by atoms with Gasteiger partial charge in [0.1, 0.15) is 11.3 Å². The zero-order chi connectivity index (χ0) is 16.6. The fourth-order valence-electron chi connectivity index (χ4n) is 2.46. The molecule has 2 aromatic rings. The van der Waals surface area contributed by atoms with E-state index < -0.39 is 17.4 Å². The Hall–Kier alpha value is -2.28. The van der Waals surface area contributed by atoms with Gasteiger partial charge in [0, 0.05) is 6.20 Å². The lowest BCUT2D eigenvalue weighted by Gasteiger charge is -2.25. The molecule has 0 radical (unpaired) electrons. The Balaban J connectivity index is 1.69. The maximum Gasteiger partial charge on any atom is 0.329 e. The maximum absolute atomic E-state index is 12.3. The van der Waals surface area contributed by atoms with Gasteiger partial charge in [-0.2, -0.15) is 5.10 Å². The standard InChI is InChI=1S/C15H16ClN3O4/c1-15(14(21)22,9-2-3-9)18-13(20)12-5-4-11(23-12)8-19-7-10(16)6-17-19/h4-7,9H,2-3,8H2,1H3,(H,18,20)(H,21,22)/t15-/m0/s1. The highest BCUT2D eigenvalue weighted by Gasteiger charge is 2.48. The van der Waals surface area contributed by atoms with Gasteiger partial charge in [0.15, 0.2) is 5.76 Å². The minimum absolute atomic E-state index is 0.0374. The van der Waals surface area contributed by atoms with Gasteiger partial charge in [-0.05, 0) is 37.8 Å². The Morgan fingerprint density at radius 3 is 2.83 bits per heavy atom. The van der Waals surface area contributed by atoms with E-state index in [2.05, 4.69) is 10.4 Å². The molecule has 1 aliphatic rings. The van der Waals surface area contributed by atoms with Gasteiger partial charge < -0.3 is 14.8 Å². The smallest absolute Gasteiger partial charge is 0.329 e. The highest BCUT2D eigenvalue weighted by molar-refractivity contribution is 6.30. The molecule has 23 heavy (non-hydrogen) atoms. The van der Waals surface area contributed by atoms with Crippen LogP contribution < -0.4 is 5.32 Å². The molecular weight excluding hydrogens is 322 g/mol. The van der Waals surface area contributed by atoms with Crippen molar-refractivity contribution in [2.75, 3.05) is 0 Å². The molecule has 1 saturated carbocycles. The van der Waals surface area contributed by atoms with E-state index in [1.165, 1.54) is 19.2 Å². The normalized spacial score (nSPS) is 16.8. The molecule has 3 rings (SSSR count). The number of hydrogen-bond acceptors (Lipinski definition) is 4. The number of hydrogen-bond donors (Lipinski definition) is 2. The molecule has 0 aromatic carbocycles. The van der Waals surface area contributed by atoms with Crippen LogP contribution >= 0.6 is 11.6 Å². The predicted octanol–water partition coefficient (Wildman–Crippen LogP) is 2.16. The third kappa shape index (κ3) is 3.24. The van der Waals surface area contributed by atoms with Crippen molar-refractivity contribution >= 4 is 23.5 Å². The SMILES string of the molecule is C[C@@](NC(=O)c1ccc(Cn2cc(Cl)cn2)o1)(C(=O)O)C1CC1. The molecule has 7 nitrogen and oxygen atoms in total. The third-order valence-electron chi connectivity index (χ3n) is 4.02. The first-order valence-corrected chi connectivity index (χ1v) is 7.59. The highest BCUT2D eigenvalue weighted by Crippen LogP contribution is 2.39. The molecule has 0 aliphatic heterocycles. The highest BCUT2D eigenvalue weighted by atomic mass is 35.5. The summed E-state index contributed by atoms with van der Waals surface area (Å²) < 4.78 is 7.05. The van der Waals surface area contributed by atoms with E-state index in [4.69, 9.17) is 16.0 Å². The lowest BCUT2D eigenvalue weighted by molar-refractivity contribution is -0.144. The predicted molar refractivity (Wildman–Crippen MR) is 81.3 cm³/mol. The van der Waals surface area contributed by atoms with Crippen LogP contribution in [0.25, 0.3) is 0 Å². The van der Waals surface area contributed by atoms with Gasteiger partial charge in [-0.1, -0.05) is 11.6 Å². The summed E-state index contributed by atoms with van der Waals surface area (Å²) >= 11 is 5.79. The fraction of sp³-hybridized carbons (Fsp3) is 0.400. The number of amides is 1. The second kappa shape index (κ2) is 5.73. The molecule has 0 spiro atoms. The van der Waals surface area contributed by atoms with Crippen LogP contribution in [-0.2, 0) is 11.3 Å². The molecule has 1 atom stereocenters. The van der Waals surface area contributed by atoms with Crippen LogP contribution in [0.1, 0.15) is 36.1 Å². The lowest BCUT2D eigenvalue weighted by atomic mass is 9.96. The Bertz CT molecular complexity index is 749. The number of nitrogens with zero attached hydrogens (tertiary/aromatic N) is 2. The summed E-state index contributed by atoms with van der Waals surface area (Å²) in [5, 5.41) is 16.5. The summed E-state index contributed by atoms with van der Waals surface area (Å²) in [7, 11) is 0. The number of carboxylic acid groups (broad SMARTS) is 1. The Kier molecular flexibility index (Phi) is 3.89. The zero-order valence-electron chi connectivity index (χ0n) is 12.5. The van der Waals surface area contributed by atoms with Gasteiger partial charge in [-0.3, -0.25) is 9.48 Å². The molecule has 2 N–H and O–H groups in total. The van der Waals surface area contributed by atoms with Crippen molar-refractivity contribution in [1.82, 2.24) is 15.1 Å². The quantitative estimate of drug-likeness (QED) is 0.841. The van der Waals surface area contributed by atoms with E-state index in [1.54, 1.807) is 16.9 Å². The van der Waals surface area contributed by atoms with Crippen molar-refractivity contribution in [2.24, 2.45) is 5.92 Å². The van der Waals surface area contributed by atoms with E-state index in [-0.39, 0.29) is 11.7 Å². The van der Waals surface area contributed by atoms with Crippen molar-refractivity contribution in [3.8, 4) is 0 Å². The lowest BCUT2D eigenvalue weighted by Crippen LogP contribution is -2.53. The van der Waals surface area contributed by atoms with Crippen LogP contribution in [0.3, 0.4) is 0 Å². The van der Waals surface area contributed by atoms with Crippen LogP contribution in [0.5, 0.6) is 0 Å². The number of aliphatic carboxylic acids is 1. The molecule has 1 aliphatic carbocycles. The summed E-state index contributed by atoms with van der Waals surface area (Å²) in [6.07, 6.45) is 4.74. The number of furan rings is 1. The molecule has 122 valence electrons. The number of aromatic nitrogens is 2. The van der Waals surface area contributed by atoms with Crippen molar-refractivity contribution in [2.45, 2.75) is 31.8 Å². The Labute approximate surface area is 137 Å². The van der Waals surface area contributed by atoms with Gasteiger partial charge in [0.05, 0.1) is 17.8 Å². The minimum atomic E-state index is -1.26. The first-order valence-electron chi connectivity index (χ1n) is 7.21. The summed E-state index contributed by atoms with van der Waals surface area (Å²) in [5.41, 5.74) is -1.26. The summed E-state index contributed by atoms with van der Waals surface area (Å²) in [4.78, 5) is 23.7. The Morgan fingerprint density at radius 2 is 2.26 bits per heavy atom. The van der Waals surface area contributed by atoms with Gasteiger partial charge in [0.25, 0.3) is 5.91 Å². The number of rotatable bonds is 6. The molecule has 2 heterocycles. The molecule has 0 bridgehead atoms. The summed E-state index contributed by atoms with van der Waals surface area (Å²) in [6, 6.07) is 3.17.